The third-order valence-electron chi connectivity index (χ3n) is 3.05. The summed E-state index contributed by atoms with van der Waals surface area (Å²) in [5, 5.41) is 1.88. The molecule has 132 valence electrons. The highest BCUT2D eigenvalue weighted by atomic mass is 35.5. The number of ether oxygens (including phenoxy) is 2. The number of amides is 1. The second kappa shape index (κ2) is 7.43. The zero-order valence-electron chi connectivity index (χ0n) is 12.7. The molecule has 0 saturated heterocycles. The van der Waals surface area contributed by atoms with E-state index in [1.807, 2.05) is 5.32 Å². The number of carbonyl (C=O) groups excluding carboxylic acids is 2. The summed E-state index contributed by atoms with van der Waals surface area (Å²) in [6, 6.07) is 6.87. The maximum Gasteiger partial charge on any atom is 0.418 e. The number of anilines is 1. The summed E-state index contributed by atoms with van der Waals surface area (Å²) in [5.41, 5.74) is -1.34. The lowest BCUT2D eigenvalue weighted by atomic mass is 10.1. The molecule has 0 aromatic heterocycles. The minimum atomic E-state index is -4.71. The molecule has 0 bridgehead atoms. The molecule has 1 N–H and O–H groups in total. The second-order valence-electron chi connectivity index (χ2n) is 4.73. The van der Waals surface area contributed by atoms with Gasteiger partial charge in [-0.1, -0.05) is 11.6 Å². The van der Waals surface area contributed by atoms with Crippen molar-refractivity contribution in [1.82, 2.24) is 0 Å². The maximum atomic E-state index is 13.0. The predicted octanol–water partition coefficient (Wildman–Crippen LogP) is 4.79. The van der Waals surface area contributed by atoms with Crippen molar-refractivity contribution in [3.8, 4) is 11.5 Å². The molecule has 0 aliphatic heterocycles. The largest absolute Gasteiger partial charge is 0.493 e. The third kappa shape index (κ3) is 4.63. The zero-order chi connectivity index (χ0) is 18.6. The molecule has 0 aliphatic rings. The van der Waals surface area contributed by atoms with Crippen molar-refractivity contribution >= 4 is 29.7 Å². The lowest BCUT2D eigenvalue weighted by Crippen LogP contribution is -2.20. The predicted molar refractivity (Wildman–Crippen MR) is 84.5 cm³/mol. The summed E-state index contributed by atoms with van der Waals surface area (Å²) in [4.78, 5) is 22.6. The van der Waals surface area contributed by atoms with Crippen molar-refractivity contribution in [2.45, 2.75) is 6.18 Å². The summed E-state index contributed by atoms with van der Waals surface area (Å²) in [7, 11) is 1.29. The topological polar surface area (TPSA) is 64.6 Å². The first-order valence-electron chi connectivity index (χ1n) is 6.73. The summed E-state index contributed by atoms with van der Waals surface area (Å²) in [5.74, 6) is 0.0139. The molecule has 1 amide bonds. The van der Waals surface area contributed by atoms with Crippen LogP contribution in [0.4, 0.5) is 23.7 Å². The molecular weight excluding hydrogens is 363 g/mol. The molecule has 0 atom stereocenters. The van der Waals surface area contributed by atoms with E-state index in [-0.39, 0.29) is 22.1 Å². The number of methoxy groups -OCH3 is 1. The Hall–Kier alpha value is -2.74. The van der Waals surface area contributed by atoms with Crippen molar-refractivity contribution in [1.29, 1.82) is 0 Å². The fourth-order valence-electron chi connectivity index (χ4n) is 1.94. The number of rotatable bonds is 4. The molecule has 0 fully saturated rings. The van der Waals surface area contributed by atoms with Crippen molar-refractivity contribution in [2.24, 2.45) is 0 Å². The van der Waals surface area contributed by atoms with Crippen LogP contribution in [0.3, 0.4) is 0 Å². The number of carbonyl (C=O) groups is 2. The Bertz CT molecular complexity index is 808. The van der Waals surface area contributed by atoms with Crippen molar-refractivity contribution in [2.75, 3.05) is 12.4 Å². The number of nitrogens with one attached hydrogen (secondary N) is 1. The Kier molecular flexibility index (Phi) is 5.53. The summed E-state index contributed by atoms with van der Waals surface area (Å²) >= 11 is 5.57. The zero-order valence-corrected chi connectivity index (χ0v) is 13.4. The first-order chi connectivity index (χ1) is 11.7. The van der Waals surface area contributed by atoms with E-state index >= 15 is 0 Å². The highest BCUT2D eigenvalue weighted by Gasteiger charge is 2.34. The third-order valence-corrected chi connectivity index (χ3v) is 3.29. The van der Waals surface area contributed by atoms with Crippen LogP contribution in [0.2, 0.25) is 5.02 Å². The van der Waals surface area contributed by atoms with Gasteiger partial charge < -0.3 is 9.47 Å². The summed E-state index contributed by atoms with van der Waals surface area (Å²) < 4.78 is 48.9. The molecule has 2 rings (SSSR count). The molecule has 25 heavy (non-hydrogen) atoms. The lowest BCUT2D eigenvalue weighted by molar-refractivity contribution is -0.136. The fourth-order valence-corrected chi connectivity index (χ4v) is 2.11. The van der Waals surface area contributed by atoms with Gasteiger partial charge in [-0.25, -0.2) is 4.79 Å². The van der Waals surface area contributed by atoms with Crippen LogP contribution in [-0.4, -0.2) is 19.5 Å². The maximum absolute atomic E-state index is 13.0. The molecule has 0 unspecified atom stereocenters. The number of hydrogen-bond acceptors (Lipinski definition) is 4. The lowest BCUT2D eigenvalue weighted by Gasteiger charge is -2.15. The average molecular weight is 374 g/mol. The van der Waals surface area contributed by atoms with Gasteiger partial charge in [-0.2, -0.15) is 13.2 Å². The normalized spacial score (nSPS) is 10.9. The Balaban J connectivity index is 2.23. The van der Waals surface area contributed by atoms with E-state index in [2.05, 4.69) is 0 Å². The molecule has 0 radical (unpaired) electrons. The monoisotopic (exact) mass is 373 g/mol. The number of halogens is 4. The van der Waals surface area contributed by atoms with E-state index in [1.165, 1.54) is 31.4 Å². The van der Waals surface area contributed by atoms with Gasteiger partial charge in [-0.05, 0) is 36.4 Å². The highest BCUT2D eigenvalue weighted by molar-refractivity contribution is 6.30. The number of hydrogen-bond donors (Lipinski definition) is 1. The van der Waals surface area contributed by atoms with Gasteiger partial charge in [0.15, 0.2) is 11.5 Å². The van der Waals surface area contributed by atoms with Gasteiger partial charge in [0.1, 0.15) is 6.29 Å². The van der Waals surface area contributed by atoms with Gasteiger partial charge in [-0.3, -0.25) is 10.1 Å². The van der Waals surface area contributed by atoms with Crippen molar-refractivity contribution in [3.05, 3.63) is 52.5 Å². The standard InChI is InChI=1S/C16H11ClF3NO4/c1-24-14-6-9(8-22)2-5-13(14)25-15(23)21-12-4-3-10(17)7-11(12)16(18,19)20/h2-8H,1H3,(H,21,23). The number of aldehydes is 1. The Morgan fingerprint density at radius 2 is 1.88 bits per heavy atom. The average Bonchev–Trinajstić information content (AvgIpc) is 2.55. The Morgan fingerprint density at radius 3 is 2.48 bits per heavy atom. The van der Waals surface area contributed by atoms with Gasteiger partial charge in [0.25, 0.3) is 0 Å². The fraction of sp³-hybridized carbons (Fsp3) is 0.125. The van der Waals surface area contributed by atoms with Gasteiger partial charge in [0.2, 0.25) is 0 Å². The van der Waals surface area contributed by atoms with E-state index < -0.39 is 23.5 Å². The van der Waals surface area contributed by atoms with Crippen molar-refractivity contribution < 1.29 is 32.2 Å². The van der Waals surface area contributed by atoms with Crippen LogP contribution in [0.5, 0.6) is 11.5 Å². The molecule has 9 heteroatoms. The molecule has 2 aromatic rings. The molecule has 5 nitrogen and oxygen atoms in total. The molecule has 0 spiro atoms. The minimum absolute atomic E-state index is 0.0619. The highest BCUT2D eigenvalue weighted by Crippen LogP contribution is 2.36. The van der Waals surface area contributed by atoms with Gasteiger partial charge in [-0.15, -0.1) is 0 Å². The molecule has 0 saturated carbocycles. The van der Waals surface area contributed by atoms with E-state index in [1.54, 1.807) is 0 Å². The SMILES string of the molecule is COc1cc(C=O)ccc1OC(=O)Nc1ccc(Cl)cc1C(F)(F)F. The summed E-state index contributed by atoms with van der Waals surface area (Å²) in [6.07, 6.45) is -5.31. The van der Waals surface area contributed by atoms with Crippen LogP contribution >= 0.6 is 11.6 Å². The quantitative estimate of drug-likeness (QED) is 0.782. The van der Waals surface area contributed by atoms with Crippen LogP contribution in [0.1, 0.15) is 15.9 Å². The first kappa shape index (κ1) is 18.6. The van der Waals surface area contributed by atoms with Crippen molar-refractivity contribution in [3.63, 3.8) is 0 Å². The Morgan fingerprint density at radius 1 is 1.16 bits per heavy atom. The van der Waals surface area contributed by atoms with E-state index in [9.17, 15) is 22.8 Å². The van der Waals surface area contributed by atoms with E-state index in [4.69, 9.17) is 21.1 Å². The molecule has 2 aromatic carbocycles. The smallest absolute Gasteiger partial charge is 0.418 e. The van der Waals surface area contributed by atoms with E-state index in [0.29, 0.717) is 12.4 Å². The van der Waals surface area contributed by atoms with E-state index in [0.717, 1.165) is 6.07 Å². The van der Waals surface area contributed by atoms with Gasteiger partial charge in [0.05, 0.1) is 18.4 Å². The molecular formula is C16H11ClF3NO4. The van der Waals surface area contributed by atoms with Gasteiger partial charge >= 0.3 is 12.3 Å². The summed E-state index contributed by atoms with van der Waals surface area (Å²) in [6.45, 7) is 0. The van der Waals surface area contributed by atoms with Crippen LogP contribution in [-0.2, 0) is 6.18 Å². The number of alkyl halides is 3. The van der Waals surface area contributed by atoms with Crippen LogP contribution in [0.25, 0.3) is 0 Å². The van der Waals surface area contributed by atoms with Crippen LogP contribution in [0.15, 0.2) is 36.4 Å². The minimum Gasteiger partial charge on any atom is -0.493 e. The number of benzene rings is 2. The molecule has 0 aliphatic carbocycles. The molecule has 0 heterocycles. The first-order valence-corrected chi connectivity index (χ1v) is 7.11. The van der Waals surface area contributed by atoms with Crippen LogP contribution in [0, 0.1) is 0 Å². The van der Waals surface area contributed by atoms with Crippen LogP contribution < -0.4 is 14.8 Å². The second-order valence-corrected chi connectivity index (χ2v) is 5.17. The Labute approximate surface area is 145 Å². The van der Waals surface area contributed by atoms with Gasteiger partial charge in [0, 0.05) is 10.6 Å².